The summed E-state index contributed by atoms with van der Waals surface area (Å²) in [5.74, 6) is 0.310. The number of benzene rings is 1. The second kappa shape index (κ2) is 4.20. The van der Waals surface area contributed by atoms with Gasteiger partial charge >= 0.3 is 5.69 Å². The molecule has 2 aromatic rings. The Morgan fingerprint density at radius 2 is 1.89 bits per heavy atom. The van der Waals surface area contributed by atoms with Crippen LogP contribution in [0.25, 0.3) is 0 Å². The van der Waals surface area contributed by atoms with E-state index in [4.69, 9.17) is 5.73 Å². The number of nitro groups is 1. The molecule has 0 saturated carbocycles. The van der Waals surface area contributed by atoms with Crippen LogP contribution in [0.2, 0.25) is 0 Å². The molecule has 0 atom stereocenters. The normalized spacial score (nSPS) is 13.4. The predicted molar refractivity (Wildman–Crippen MR) is 69.4 cm³/mol. The topological polar surface area (TPSA) is 98.2 Å². The van der Waals surface area contributed by atoms with E-state index in [1.165, 1.54) is 0 Å². The molecule has 7 heteroatoms. The Kier molecular flexibility index (Phi) is 2.52. The highest BCUT2D eigenvalue weighted by molar-refractivity contribution is 5.60. The molecule has 0 amide bonds. The van der Waals surface area contributed by atoms with Crippen molar-refractivity contribution < 1.29 is 4.92 Å². The fourth-order valence-electron chi connectivity index (χ4n) is 2.22. The molecule has 0 fully saturated rings. The lowest BCUT2D eigenvalue weighted by molar-refractivity contribution is -0.384. The molecule has 1 aliphatic rings. The zero-order valence-corrected chi connectivity index (χ0v) is 9.98. The predicted octanol–water partition coefficient (Wildman–Crippen LogP) is 1.49. The Bertz CT molecular complexity index is 633. The van der Waals surface area contributed by atoms with Gasteiger partial charge in [0.05, 0.1) is 4.92 Å². The molecule has 1 aliphatic heterocycles. The van der Waals surface area contributed by atoms with Gasteiger partial charge in [0.2, 0.25) is 11.8 Å². The third-order valence-electron chi connectivity index (χ3n) is 3.11. The summed E-state index contributed by atoms with van der Waals surface area (Å²) in [5, 5.41) is 11.0. The Morgan fingerprint density at radius 1 is 1.26 bits per heavy atom. The van der Waals surface area contributed by atoms with Gasteiger partial charge in [-0.05, 0) is 11.1 Å². The lowest BCUT2D eigenvalue weighted by Gasteiger charge is -2.16. The van der Waals surface area contributed by atoms with E-state index in [1.807, 2.05) is 29.2 Å². The number of anilines is 2. The first-order valence-electron chi connectivity index (χ1n) is 5.74. The lowest BCUT2D eigenvalue weighted by atomic mass is 10.1. The Balaban J connectivity index is 2.01. The van der Waals surface area contributed by atoms with Crippen molar-refractivity contribution in [2.24, 2.45) is 0 Å². The number of hydrogen-bond donors (Lipinski definition) is 1. The van der Waals surface area contributed by atoms with Gasteiger partial charge in [-0.15, -0.1) is 0 Å². The van der Waals surface area contributed by atoms with Crippen LogP contribution >= 0.6 is 0 Å². The lowest BCUT2D eigenvalue weighted by Crippen LogP contribution is -2.18. The van der Waals surface area contributed by atoms with E-state index in [9.17, 15) is 10.1 Å². The molecule has 1 aromatic heterocycles. The molecule has 3 rings (SSSR count). The monoisotopic (exact) mass is 257 g/mol. The van der Waals surface area contributed by atoms with Gasteiger partial charge in [0, 0.05) is 13.1 Å². The summed E-state index contributed by atoms with van der Waals surface area (Å²) in [6.07, 6.45) is 1.15. The van der Waals surface area contributed by atoms with E-state index in [2.05, 4.69) is 9.97 Å². The summed E-state index contributed by atoms with van der Waals surface area (Å²) >= 11 is 0. The first kappa shape index (κ1) is 11.4. The fraction of sp³-hybridized carbons (Fsp3) is 0.167. The van der Waals surface area contributed by atoms with Crippen LogP contribution in [0.5, 0.6) is 0 Å². The van der Waals surface area contributed by atoms with Crippen LogP contribution in [0.3, 0.4) is 0 Å². The molecule has 0 aliphatic carbocycles. The molecule has 2 heterocycles. The summed E-state index contributed by atoms with van der Waals surface area (Å²) in [6, 6.07) is 7.91. The smallest absolute Gasteiger partial charge is 0.329 e. The van der Waals surface area contributed by atoms with E-state index < -0.39 is 4.92 Å². The van der Waals surface area contributed by atoms with Crippen molar-refractivity contribution in [3.8, 4) is 0 Å². The number of nitrogens with two attached hydrogens (primary N) is 1. The van der Waals surface area contributed by atoms with E-state index in [1.54, 1.807) is 0 Å². The third kappa shape index (κ3) is 1.95. The van der Waals surface area contributed by atoms with Crippen LogP contribution in [0.4, 0.5) is 17.5 Å². The molecule has 2 N–H and O–H groups in total. The maximum absolute atomic E-state index is 11.0. The van der Waals surface area contributed by atoms with Gasteiger partial charge in [-0.2, -0.15) is 4.98 Å². The molecule has 1 aromatic carbocycles. The standard InChI is InChI=1S/C12H11N5O2/c13-12-14-5-10(17(18)19)11(15-12)16-6-8-3-1-2-4-9(8)7-16/h1-5H,6-7H2,(H2,13,14,15). The van der Waals surface area contributed by atoms with E-state index >= 15 is 0 Å². The molecule has 0 unspecified atom stereocenters. The highest BCUT2D eigenvalue weighted by Crippen LogP contribution is 2.32. The maximum Gasteiger partial charge on any atom is 0.329 e. The molecule has 7 nitrogen and oxygen atoms in total. The van der Waals surface area contributed by atoms with Gasteiger partial charge in [-0.1, -0.05) is 24.3 Å². The summed E-state index contributed by atoms with van der Waals surface area (Å²) < 4.78 is 0. The summed E-state index contributed by atoms with van der Waals surface area (Å²) in [4.78, 5) is 20.1. The molecule has 19 heavy (non-hydrogen) atoms. The average Bonchev–Trinajstić information content (AvgIpc) is 2.81. The number of hydrogen-bond acceptors (Lipinski definition) is 6. The molecule has 0 radical (unpaired) electrons. The van der Waals surface area contributed by atoms with Crippen LogP contribution in [-0.2, 0) is 13.1 Å². The number of rotatable bonds is 2. The average molecular weight is 257 g/mol. The number of nitrogen functional groups attached to an aromatic ring is 1. The largest absolute Gasteiger partial charge is 0.368 e. The van der Waals surface area contributed by atoms with Gasteiger partial charge < -0.3 is 10.6 Å². The maximum atomic E-state index is 11.0. The van der Waals surface area contributed by atoms with E-state index in [0.717, 1.165) is 17.3 Å². The molecule has 0 spiro atoms. The summed E-state index contributed by atoms with van der Waals surface area (Å²) in [6.45, 7) is 1.18. The highest BCUT2D eigenvalue weighted by atomic mass is 16.6. The molecular formula is C12H11N5O2. The van der Waals surface area contributed by atoms with Crippen molar-refractivity contribution in [1.29, 1.82) is 0 Å². The van der Waals surface area contributed by atoms with E-state index in [-0.39, 0.29) is 17.5 Å². The fourth-order valence-corrected chi connectivity index (χ4v) is 2.22. The molecule has 96 valence electrons. The zero-order chi connectivity index (χ0) is 13.4. The number of aromatic nitrogens is 2. The first-order valence-corrected chi connectivity index (χ1v) is 5.74. The van der Waals surface area contributed by atoms with Gasteiger partial charge in [0.15, 0.2) is 0 Å². The van der Waals surface area contributed by atoms with Gasteiger partial charge in [0.25, 0.3) is 0 Å². The van der Waals surface area contributed by atoms with Gasteiger partial charge in [-0.25, -0.2) is 4.98 Å². The Morgan fingerprint density at radius 3 is 2.47 bits per heavy atom. The van der Waals surface area contributed by atoms with Crippen molar-refractivity contribution >= 4 is 17.5 Å². The van der Waals surface area contributed by atoms with Crippen LogP contribution in [0, 0.1) is 10.1 Å². The first-order chi connectivity index (χ1) is 9.15. The second-order valence-electron chi connectivity index (χ2n) is 4.32. The summed E-state index contributed by atoms with van der Waals surface area (Å²) in [5.41, 5.74) is 7.70. The van der Waals surface area contributed by atoms with Crippen LogP contribution < -0.4 is 10.6 Å². The van der Waals surface area contributed by atoms with Crippen LogP contribution in [-0.4, -0.2) is 14.9 Å². The third-order valence-corrected chi connectivity index (χ3v) is 3.11. The second-order valence-corrected chi connectivity index (χ2v) is 4.32. The highest BCUT2D eigenvalue weighted by Gasteiger charge is 2.27. The van der Waals surface area contributed by atoms with Crippen molar-refractivity contribution in [2.75, 3.05) is 10.6 Å². The van der Waals surface area contributed by atoms with Crippen molar-refractivity contribution in [2.45, 2.75) is 13.1 Å². The van der Waals surface area contributed by atoms with Gasteiger partial charge in [-0.3, -0.25) is 10.1 Å². The zero-order valence-electron chi connectivity index (χ0n) is 9.98. The quantitative estimate of drug-likeness (QED) is 0.646. The molecule has 0 saturated heterocycles. The minimum absolute atomic E-state index is 0.0385. The van der Waals surface area contributed by atoms with Crippen molar-refractivity contribution in [1.82, 2.24) is 9.97 Å². The van der Waals surface area contributed by atoms with Crippen molar-refractivity contribution in [3.63, 3.8) is 0 Å². The van der Waals surface area contributed by atoms with Gasteiger partial charge in [0.1, 0.15) is 6.20 Å². The van der Waals surface area contributed by atoms with Crippen LogP contribution in [0.15, 0.2) is 30.5 Å². The minimum Gasteiger partial charge on any atom is -0.368 e. The van der Waals surface area contributed by atoms with E-state index in [0.29, 0.717) is 13.1 Å². The minimum atomic E-state index is -0.488. The Labute approximate surface area is 108 Å². The Hall–Kier alpha value is -2.70. The number of fused-ring (bicyclic) bond motifs is 1. The number of nitrogens with zero attached hydrogens (tertiary/aromatic N) is 4. The van der Waals surface area contributed by atoms with Crippen molar-refractivity contribution in [3.05, 3.63) is 51.7 Å². The summed E-state index contributed by atoms with van der Waals surface area (Å²) in [7, 11) is 0. The molecule has 0 bridgehead atoms. The molecular weight excluding hydrogens is 246 g/mol. The van der Waals surface area contributed by atoms with Crippen LogP contribution in [0.1, 0.15) is 11.1 Å². The SMILES string of the molecule is Nc1ncc([N+](=O)[O-])c(N2Cc3ccccc3C2)n1.